The molecule has 1 aliphatic rings. The normalized spacial score (nSPS) is 17.4. The third-order valence-corrected chi connectivity index (χ3v) is 4.11. The van der Waals surface area contributed by atoms with Gasteiger partial charge in [-0.05, 0) is 19.1 Å². The van der Waals surface area contributed by atoms with Gasteiger partial charge in [-0.1, -0.05) is 18.2 Å². The van der Waals surface area contributed by atoms with E-state index in [9.17, 15) is 4.79 Å². The number of hydrogen-bond donors (Lipinski definition) is 0. The Morgan fingerprint density at radius 2 is 2.21 bits per heavy atom. The highest BCUT2D eigenvalue weighted by molar-refractivity contribution is 5.96. The van der Waals surface area contributed by atoms with Gasteiger partial charge in [0.1, 0.15) is 17.5 Å². The number of para-hydroxylation sites is 1. The lowest BCUT2D eigenvalue weighted by molar-refractivity contribution is 0.0742. The third-order valence-electron chi connectivity index (χ3n) is 4.11. The second-order valence-electron chi connectivity index (χ2n) is 5.87. The van der Waals surface area contributed by atoms with E-state index in [4.69, 9.17) is 9.15 Å². The molecule has 0 spiro atoms. The van der Waals surface area contributed by atoms with E-state index >= 15 is 0 Å². The van der Waals surface area contributed by atoms with E-state index in [1.54, 1.807) is 23.2 Å². The molecule has 1 saturated heterocycles. The van der Waals surface area contributed by atoms with Crippen molar-refractivity contribution in [2.75, 3.05) is 13.1 Å². The van der Waals surface area contributed by atoms with Gasteiger partial charge in [0.2, 0.25) is 5.88 Å². The smallest absolute Gasteiger partial charge is 0.289 e. The minimum absolute atomic E-state index is 0.0624. The molecule has 6 heteroatoms. The zero-order valence-electron chi connectivity index (χ0n) is 13.3. The second kappa shape index (κ2) is 5.96. The molecular formula is C18H17N3O3. The second-order valence-corrected chi connectivity index (χ2v) is 5.87. The van der Waals surface area contributed by atoms with Gasteiger partial charge in [0.15, 0.2) is 5.76 Å². The van der Waals surface area contributed by atoms with Crippen LogP contribution in [0.15, 0.2) is 47.0 Å². The van der Waals surface area contributed by atoms with Gasteiger partial charge in [-0.15, -0.1) is 0 Å². The van der Waals surface area contributed by atoms with Crippen LogP contribution in [-0.2, 0) is 0 Å². The molecule has 1 atom stereocenters. The Balaban J connectivity index is 1.45. The van der Waals surface area contributed by atoms with Gasteiger partial charge in [0.25, 0.3) is 5.91 Å². The molecule has 0 bridgehead atoms. The average molecular weight is 323 g/mol. The van der Waals surface area contributed by atoms with E-state index in [1.165, 1.54) is 0 Å². The van der Waals surface area contributed by atoms with E-state index < -0.39 is 0 Å². The zero-order valence-corrected chi connectivity index (χ0v) is 13.3. The molecule has 2 aromatic heterocycles. The van der Waals surface area contributed by atoms with Crippen LogP contribution in [0.25, 0.3) is 11.0 Å². The zero-order chi connectivity index (χ0) is 16.5. The minimum atomic E-state index is -0.101. The Labute approximate surface area is 139 Å². The largest absolute Gasteiger partial charge is 0.472 e. The van der Waals surface area contributed by atoms with Gasteiger partial charge in [-0.2, -0.15) is 4.98 Å². The lowest BCUT2D eigenvalue weighted by atomic mass is 10.2. The van der Waals surface area contributed by atoms with Gasteiger partial charge in [-0.3, -0.25) is 4.79 Å². The summed E-state index contributed by atoms with van der Waals surface area (Å²) >= 11 is 0. The SMILES string of the molecule is Cc1nccc(O[C@H]2CCN(C(=O)c3cc4ccccc4o3)C2)n1. The molecule has 24 heavy (non-hydrogen) atoms. The number of fused-ring (bicyclic) bond motifs is 1. The summed E-state index contributed by atoms with van der Waals surface area (Å²) in [6, 6.07) is 11.1. The molecule has 0 aliphatic carbocycles. The Morgan fingerprint density at radius 1 is 1.33 bits per heavy atom. The van der Waals surface area contributed by atoms with E-state index in [0.717, 1.165) is 17.4 Å². The predicted octanol–water partition coefficient (Wildman–Crippen LogP) is 2.82. The summed E-state index contributed by atoms with van der Waals surface area (Å²) in [5.74, 6) is 1.48. The van der Waals surface area contributed by atoms with E-state index in [1.807, 2.05) is 31.2 Å². The number of hydrogen-bond acceptors (Lipinski definition) is 5. The molecule has 0 radical (unpaired) electrons. The summed E-state index contributed by atoms with van der Waals surface area (Å²) in [5.41, 5.74) is 0.726. The molecule has 3 aromatic rings. The van der Waals surface area contributed by atoms with Crippen LogP contribution in [-0.4, -0.2) is 40.0 Å². The highest BCUT2D eigenvalue weighted by Crippen LogP contribution is 2.23. The molecule has 0 saturated carbocycles. The Bertz CT molecular complexity index is 857. The molecule has 4 rings (SSSR count). The monoisotopic (exact) mass is 323 g/mol. The standard InChI is InChI=1S/C18H17N3O3/c1-12-19-8-6-17(20-12)23-14-7-9-21(11-14)18(22)16-10-13-4-2-3-5-15(13)24-16/h2-6,8,10,14H,7,9,11H2,1H3/t14-/m0/s1. The topological polar surface area (TPSA) is 68.5 Å². The summed E-state index contributed by atoms with van der Waals surface area (Å²) in [4.78, 5) is 22.7. The van der Waals surface area contributed by atoms with Crippen molar-refractivity contribution in [3.63, 3.8) is 0 Å². The third kappa shape index (κ3) is 2.82. The van der Waals surface area contributed by atoms with Crippen molar-refractivity contribution in [3.8, 4) is 5.88 Å². The maximum atomic E-state index is 12.6. The maximum Gasteiger partial charge on any atom is 0.289 e. The van der Waals surface area contributed by atoms with Gasteiger partial charge >= 0.3 is 0 Å². The Morgan fingerprint density at radius 3 is 3.04 bits per heavy atom. The summed E-state index contributed by atoms with van der Waals surface area (Å²) in [5, 5.41) is 0.935. The van der Waals surface area contributed by atoms with Crippen molar-refractivity contribution in [2.45, 2.75) is 19.4 Å². The summed E-state index contributed by atoms with van der Waals surface area (Å²) in [7, 11) is 0. The molecule has 3 heterocycles. The molecule has 1 fully saturated rings. The quantitative estimate of drug-likeness (QED) is 0.741. The van der Waals surface area contributed by atoms with E-state index in [0.29, 0.717) is 30.6 Å². The van der Waals surface area contributed by atoms with Gasteiger partial charge in [0.05, 0.1) is 6.54 Å². The van der Waals surface area contributed by atoms with Crippen LogP contribution < -0.4 is 4.74 Å². The van der Waals surface area contributed by atoms with Crippen molar-refractivity contribution in [1.82, 2.24) is 14.9 Å². The van der Waals surface area contributed by atoms with Gasteiger partial charge in [0, 0.05) is 30.6 Å². The number of furan rings is 1. The van der Waals surface area contributed by atoms with Crippen molar-refractivity contribution in [1.29, 1.82) is 0 Å². The number of aryl methyl sites for hydroxylation is 1. The van der Waals surface area contributed by atoms with Crippen LogP contribution in [0, 0.1) is 6.92 Å². The number of carbonyl (C=O) groups is 1. The van der Waals surface area contributed by atoms with Gasteiger partial charge in [-0.25, -0.2) is 4.98 Å². The summed E-state index contributed by atoms with van der Waals surface area (Å²) in [6.45, 7) is 2.99. The molecule has 0 unspecified atom stereocenters. The van der Waals surface area contributed by atoms with Crippen molar-refractivity contribution in [2.24, 2.45) is 0 Å². The minimum Gasteiger partial charge on any atom is -0.472 e. The highest BCUT2D eigenvalue weighted by Gasteiger charge is 2.30. The summed E-state index contributed by atoms with van der Waals surface area (Å²) < 4.78 is 11.5. The molecule has 0 N–H and O–H groups in total. The van der Waals surface area contributed by atoms with Crippen molar-refractivity contribution < 1.29 is 13.9 Å². The number of nitrogens with zero attached hydrogens (tertiary/aromatic N) is 3. The van der Waals surface area contributed by atoms with Crippen LogP contribution in [0.1, 0.15) is 22.8 Å². The van der Waals surface area contributed by atoms with Gasteiger partial charge < -0.3 is 14.1 Å². The lowest BCUT2D eigenvalue weighted by Crippen LogP contribution is -2.30. The Kier molecular flexibility index (Phi) is 3.65. The average Bonchev–Trinajstić information content (AvgIpc) is 3.20. The number of amides is 1. The van der Waals surface area contributed by atoms with Crippen LogP contribution >= 0.6 is 0 Å². The van der Waals surface area contributed by atoms with Crippen LogP contribution in [0.2, 0.25) is 0 Å². The van der Waals surface area contributed by atoms with Crippen molar-refractivity contribution in [3.05, 3.63) is 54.2 Å². The highest BCUT2D eigenvalue weighted by atomic mass is 16.5. The first-order valence-electron chi connectivity index (χ1n) is 7.93. The molecule has 6 nitrogen and oxygen atoms in total. The predicted molar refractivity (Wildman–Crippen MR) is 87.9 cm³/mol. The first kappa shape index (κ1) is 14.7. The number of aromatic nitrogens is 2. The van der Waals surface area contributed by atoms with Crippen molar-refractivity contribution >= 4 is 16.9 Å². The van der Waals surface area contributed by atoms with Crippen LogP contribution in [0.3, 0.4) is 0 Å². The number of benzene rings is 1. The maximum absolute atomic E-state index is 12.6. The van der Waals surface area contributed by atoms with E-state index in [2.05, 4.69) is 9.97 Å². The molecule has 1 aliphatic heterocycles. The summed E-state index contributed by atoms with van der Waals surface area (Å²) in [6.07, 6.45) is 2.38. The Hall–Kier alpha value is -2.89. The fourth-order valence-electron chi connectivity index (χ4n) is 2.92. The van der Waals surface area contributed by atoms with Crippen LogP contribution in [0.4, 0.5) is 0 Å². The number of ether oxygens (including phenoxy) is 1. The molecule has 122 valence electrons. The number of carbonyl (C=O) groups excluding carboxylic acids is 1. The van der Waals surface area contributed by atoms with Crippen LogP contribution in [0.5, 0.6) is 5.88 Å². The molecule has 1 aromatic carbocycles. The van der Waals surface area contributed by atoms with E-state index in [-0.39, 0.29) is 12.0 Å². The first-order chi connectivity index (χ1) is 11.7. The number of rotatable bonds is 3. The number of likely N-dealkylation sites (tertiary alicyclic amines) is 1. The lowest BCUT2D eigenvalue weighted by Gasteiger charge is -2.15. The first-order valence-corrected chi connectivity index (χ1v) is 7.93. The fourth-order valence-corrected chi connectivity index (χ4v) is 2.92. The molecule has 1 amide bonds. The molecular weight excluding hydrogens is 306 g/mol. The fraction of sp³-hybridized carbons (Fsp3) is 0.278.